The summed E-state index contributed by atoms with van der Waals surface area (Å²) in [5.74, 6) is 0.981. The van der Waals surface area contributed by atoms with Crippen LogP contribution < -0.4 is 5.32 Å². The summed E-state index contributed by atoms with van der Waals surface area (Å²) in [4.78, 5) is 18.6. The normalized spacial score (nSPS) is 27.2. The fourth-order valence-corrected chi connectivity index (χ4v) is 3.32. The minimum absolute atomic E-state index is 0.332. The number of carbonyl (C=O) groups is 1. The minimum Gasteiger partial charge on any atom is -0.339 e. The van der Waals surface area contributed by atoms with Gasteiger partial charge in [-0.05, 0) is 44.0 Å². The summed E-state index contributed by atoms with van der Waals surface area (Å²) in [5, 5.41) is 3.44. The first-order chi connectivity index (χ1) is 9.34. The predicted octanol–water partition coefficient (Wildman–Crippen LogP) is 1.22. The van der Waals surface area contributed by atoms with E-state index >= 15 is 0 Å². The largest absolute Gasteiger partial charge is 0.339 e. The monoisotopic (exact) mass is 259 g/mol. The van der Waals surface area contributed by atoms with E-state index in [0.29, 0.717) is 24.3 Å². The SMILES string of the molecule is O=C1CCC2CNCCC2N1CCc1ccccn1. The van der Waals surface area contributed by atoms with Crippen molar-refractivity contribution < 1.29 is 4.79 Å². The molecule has 1 aromatic rings. The van der Waals surface area contributed by atoms with E-state index in [2.05, 4.69) is 15.2 Å². The first-order valence-electron chi connectivity index (χ1n) is 7.24. The van der Waals surface area contributed by atoms with Crippen LogP contribution in [0.5, 0.6) is 0 Å². The Balaban J connectivity index is 1.65. The Hall–Kier alpha value is -1.42. The Kier molecular flexibility index (Phi) is 3.78. The summed E-state index contributed by atoms with van der Waals surface area (Å²) in [6, 6.07) is 6.42. The third kappa shape index (κ3) is 2.78. The topological polar surface area (TPSA) is 45.2 Å². The molecule has 2 aliphatic rings. The fourth-order valence-electron chi connectivity index (χ4n) is 3.32. The lowest BCUT2D eigenvalue weighted by molar-refractivity contribution is -0.139. The number of pyridine rings is 1. The van der Waals surface area contributed by atoms with Crippen molar-refractivity contribution in [1.82, 2.24) is 15.2 Å². The summed E-state index contributed by atoms with van der Waals surface area (Å²) >= 11 is 0. The third-order valence-corrected chi connectivity index (χ3v) is 4.35. The van der Waals surface area contributed by atoms with Gasteiger partial charge in [0.1, 0.15) is 0 Å². The van der Waals surface area contributed by atoms with Crippen molar-refractivity contribution in [2.45, 2.75) is 31.7 Å². The van der Waals surface area contributed by atoms with Crippen LogP contribution in [0.4, 0.5) is 0 Å². The molecule has 19 heavy (non-hydrogen) atoms. The number of nitrogens with one attached hydrogen (secondary N) is 1. The van der Waals surface area contributed by atoms with Gasteiger partial charge in [-0.15, -0.1) is 0 Å². The van der Waals surface area contributed by atoms with E-state index in [0.717, 1.165) is 44.6 Å². The Morgan fingerprint density at radius 2 is 2.32 bits per heavy atom. The molecule has 102 valence electrons. The molecule has 2 atom stereocenters. The molecule has 1 aromatic heterocycles. The predicted molar refractivity (Wildman–Crippen MR) is 73.7 cm³/mol. The molecule has 1 N–H and O–H groups in total. The van der Waals surface area contributed by atoms with Gasteiger partial charge in [0.15, 0.2) is 0 Å². The number of hydrogen-bond donors (Lipinski definition) is 1. The van der Waals surface area contributed by atoms with E-state index in [1.807, 2.05) is 24.4 Å². The number of rotatable bonds is 3. The van der Waals surface area contributed by atoms with Crippen LogP contribution in [0.25, 0.3) is 0 Å². The Morgan fingerprint density at radius 1 is 1.37 bits per heavy atom. The van der Waals surface area contributed by atoms with Gasteiger partial charge in [0.2, 0.25) is 5.91 Å². The smallest absolute Gasteiger partial charge is 0.222 e. The van der Waals surface area contributed by atoms with Gasteiger partial charge in [-0.3, -0.25) is 9.78 Å². The average molecular weight is 259 g/mol. The molecule has 0 radical (unpaired) electrons. The molecule has 2 saturated heterocycles. The molecule has 0 saturated carbocycles. The van der Waals surface area contributed by atoms with E-state index in [-0.39, 0.29) is 0 Å². The fraction of sp³-hybridized carbons (Fsp3) is 0.600. The third-order valence-electron chi connectivity index (χ3n) is 4.35. The van der Waals surface area contributed by atoms with Gasteiger partial charge in [-0.1, -0.05) is 6.07 Å². The van der Waals surface area contributed by atoms with Crippen LogP contribution >= 0.6 is 0 Å². The zero-order valence-electron chi connectivity index (χ0n) is 11.2. The van der Waals surface area contributed by atoms with Crippen molar-refractivity contribution >= 4 is 5.91 Å². The van der Waals surface area contributed by atoms with Crippen molar-refractivity contribution in [3.05, 3.63) is 30.1 Å². The standard InChI is InChI=1S/C15H21N3O/c19-15-5-4-12-11-16-9-6-14(12)18(15)10-7-13-3-1-2-8-17-13/h1-3,8,12,14,16H,4-7,9-11H2. The highest BCUT2D eigenvalue weighted by atomic mass is 16.2. The van der Waals surface area contributed by atoms with Crippen LogP contribution in [-0.4, -0.2) is 41.5 Å². The highest BCUT2D eigenvalue weighted by Gasteiger charge is 2.36. The maximum Gasteiger partial charge on any atom is 0.222 e. The lowest BCUT2D eigenvalue weighted by Gasteiger charge is -2.44. The number of fused-ring (bicyclic) bond motifs is 1. The van der Waals surface area contributed by atoms with Crippen LogP contribution in [0, 0.1) is 5.92 Å². The van der Waals surface area contributed by atoms with E-state index in [9.17, 15) is 4.79 Å². The van der Waals surface area contributed by atoms with Crippen molar-refractivity contribution in [3.63, 3.8) is 0 Å². The van der Waals surface area contributed by atoms with Crippen LogP contribution in [-0.2, 0) is 11.2 Å². The average Bonchev–Trinajstić information content (AvgIpc) is 2.47. The summed E-state index contributed by atoms with van der Waals surface area (Å²) in [7, 11) is 0. The molecular formula is C15H21N3O. The molecule has 4 heteroatoms. The van der Waals surface area contributed by atoms with E-state index in [4.69, 9.17) is 0 Å². The quantitative estimate of drug-likeness (QED) is 0.888. The van der Waals surface area contributed by atoms with Crippen LogP contribution in [0.2, 0.25) is 0 Å². The number of likely N-dealkylation sites (tertiary alicyclic amines) is 1. The number of hydrogen-bond acceptors (Lipinski definition) is 3. The van der Waals surface area contributed by atoms with E-state index in [1.54, 1.807) is 0 Å². The van der Waals surface area contributed by atoms with Gasteiger partial charge < -0.3 is 10.2 Å². The van der Waals surface area contributed by atoms with Crippen molar-refractivity contribution in [3.8, 4) is 0 Å². The molecule has 0 bridgehead atoms. The maximum atomic E-state index is 12.2. The number of piperidine rings is 2. The van der Waals surface area contributed by atoms with Crippen molar-refractivity contribution in [1.29, 1.82) is 0 Å². The molecule has 3 rings (SSSR count). The summed E-state index contributed by atoms with van der Waals surface area (Å²) in [6.07, 6.45) is 5.55. The zero-order chi connectivity index (χ0) is 13.1. The summed E-state index contributed by atoms with van der Waals surface area (Å²) in [6.45, 7) is 2.92. The molecule has 2 fully saturated rings. The number of aromatic nitrogens is 1. The molecular weight excluding hydrogens is 238 g/mol. The highest BCUT2D eigenvalue weighted by molar-refractivity contribution is 5.77. The zero-order valence-corrected chi connectivity index (χ0v) is 11.2. The lowest BCUT2D eigenvalue weighted by atomic mass is 9.84. The second kappa shape index (κ2) is 5.70. The first kappa shape index (κ1) is 12.6. The molecule has 0 aromatic carbocycles. The Bertz CT molecular complexity index is 434. The molecule has 4 nitrogen and oxygen atoms in total. The second-order valence-corrected chi connectivity index (χ2v) is 5.52. The molecule has 0 aliphatic carbocycles. The van der Waals surface area contributed by atoms with Gasteiger partial charge in [0.25, 0.3) is 0 Å². The van der Waals surface area contributed by atoms with Crippen LogP contribution in [0.15, 0.2) is 24.4 Å². The number of carbonyl (C=O) groups excluding carboxylic acids is 1. The van der Waals surface area contributed by atoms with Crippen LogP contribution in [0.3, 0.4) is 0 Å². The highest BCUT2D eigenvalue weighted by Crippen LogP contribution is 2.28. The Labute approximate surface area is 114 Å². The summed E-state index contributed by atoms with van der Waals surface area (Å²) < 4.78 is 0. The van der Waals surface area contributed by atoms with Gasteiger partial charge >= 0.3 is 0 Å². The van der Waals surface area contributed by atoms with Crippen molar-refractivity contribution in [2.75, 3.05) is 19.6 Å². The summed E-state index contributed by atoms with van der Waals surface area (Å²) in [5.41, 5.74) is 1.08. The first-order valence-corrected chi connectivity index (χ1v) is 7.24. The molecule has 2 aliphatic heterocycles. The molecule has 2 unspecified atom stereocenters. The number of amides is 1. The maximum absolute atomic E-state index is 12.2. The lowest BCUT2D eigenvalue weighted by Crippen LogP contribution is -2.55. The van der Waals surface area contributed by atoms with Gasteiger partial charge in [0.05, 0.1) is 0 Å². The van der Waals surface area contributed by atoms with Gasteiger partial charge in [-0.2, -0.15) is 0 Å². The molecule has 1 amide bonds. The number of nitrogens with zero attached hydrogens (tertiary/aromatic N) is 2. The minimum atomic E-state index is 0.332. The second-order valence-electron chi connectivity index (χ2n) is 5.52. The van der Waals surface area contributed by atoms with Gasteiger partial charge in [0, 0.05) is 37.3 Å². The Morgan fingerprint density at radius 3 is 3.16 bits per heavy atom. The van der Waals surface area contributed by atoms with Crippen LogP contribution in [0.1, 0.15) is 25.0 Å². The van der Waals surface area contributed by atoms with E-state index in [1.165, 1.54) is 0 Å². The van der Waals surface area contributed by atoms with E-state index < -0.39 is 0 Å². The van der Waals surface area contributed by atoms with Gasteiger partial charge in [-0.25, -0.2) is 0 Å². The molecule has 3 heterocycles. The van der Waals surface area contributed by atoms with Crippen molar-refractivity contribution in [2.24, 2.45) is 5.92 Å². The molecule has 0 spiro atoms.